The van der Waals surface area contributed by atoms with Crippen LogP contribution >= 0.6 is 0 Å². The standard InChI is InChI=1S/C23H26N2O5/c1-15(18-9-5-4-6-10-18)24-22(27)16(2)30-21(26)13-14-25-19-11-7-8-12-20(19)29-17(3)23(25)28/h4-12,15-17H,13-14H2,1-3H3,(H,24,27). The van der Waals surface area contributed by atoms with Gasteiger partial charge in [-0.25, -0.2) is 0 Å². The van der Waals surface area contributed by atoms with Crippen molar-refractivity contribution in [1.29, 1.82) is 0 Å². The van der Waals surface area contributed by atoms with Gasteiger partial charge in [-0.15, -0.1) is 0 Å². The molecular formula is C23H26N2O5. The van der Waals surface area contributed by atoms with Crippen molar-refractivity contribution < 1.29 is 23.9 Å². The molecule has 0 spiro atoms. The highest BCUT2D eigenvalue weighted by Gasteiger charge is 2.31. The SMILES string of the molecule is CC(OC(=O)CCN1C(=O)C(C)Oc2ccccc21)C(=O)NC(C)c1ccccc1. The van der Waals surface area contributed by atoms with Crippen molar-refractivity contribution in [2.75, 3.05) is 11.4 Å². The van der Waals surface area contributed by atoms with Gasteiger partial charge in [0.05, 0.1) is 18.2 Å². The second-order valence-electron chi connectivity index (χ2n) is 7.24. The lowest BCUT2D eigenvalue weighted by Gasteiger charge is -2.32. The fraction of sp³-hybridized carbons (Fsp3) is 0.348. The minimum atomic E-state index is -0.935. The van der Waals surface area contributed by atoms with Crippen LogP contribution < -0.4 is 15.0 Å². The van der Waals surface area contributed by atoms with E-state index in [9.17, 15) is 14.4 Å². The summed E-state index contributed by atoms with van der Waals surface area (Å²) in [5.74, 6) is -0.542. The number of amides is 2. The van der Waals surface area contributed by atoms with Crippen LogP contribution in [0.25, 0.3) is 0 Å². The Morgan fingerprint density at radius 2 is 1.77 bits per heavy atom. The molecule has 158 valence electrons. The molecule has 3 rings (SSSR count). The minimum Gasteiger partial charge on any atom is -0.479 e. The molecule has 0 fully saturated rings. The normalized spacial score (nSPS) is 17.4. The first-order valence-corrected chi connectivity index (χ1v) is 9.98. The fourth-order valence-corrected chi connectivity index (χ4v) is 3.26. The first-order valence-electron chi connectivity index (χ1n) is 9.98. The molecule has 7 nitrogen and oxygen atoms in total. The van der Waals surface area contributed by atoms with Gasteiger partial charge in [0.2, 0.25) is 0 Å². The lowest BCUT2D eigenvalue weighted by atomic mass is 10.1. The number of rotatable bonds is 7. The van der Waals surface area contributed by atoms with Gasteiger partial charge in [-0.05, 0) is 38.5 Å². The third kappa shape index (κ3) is 4.97. The molecule has 1 aliphatic rings. The molecule has 0 bridgehead atoms. The summed E-state index contributed by atoms with van der Waals surface area (Å²) in [6.07, 6.45) is -1.59. The minimum absolute atomic E-state index is 0.0291. The third-order valence-electron chi connectivity index (χ3n) is 4.95. The highest BCUT2D eigenvalue weighted by atomic mass is 16.5. The van der Waals surface area contributed by atoms with Crippen LogP contribution in [0.1, 0.15) is 38.8 Å². The molecule has 0 saturated carbocycles. The predicted molar refractivity (Wildman–Crippen MR) is 112 cm³/mol. The molecule has 0 aliphatic carbocycles. The number of para-hydroxylation sites is 2. The van der Waals surface area contributed by atoms with Crippen LogP contribution in [0.3, 0.4) is 0 Å². The van der Waals surface area contributed by atoms with Crippen molar-refractivity contribution in [1.82, 2.24) is 5.32 Å². The van der Waals surface area contributed by atoms with Crippen LogP contribution in [-0.2, 0) is 19.1 Å². The van der Waals surface area contributed by atoms with Crippen LogP contribution in [0, 0.1) is 0 Å². The van der Waals surface area contributed by atoms with Gasteiger partial charge in [0.15, 0.2) is 12.2 Å². The van der Waals surface area contributed by atoms with Gasteiger partial charge in [-0.1, -0.05) is 42.5 Å². The van der Waals surface area contributed by atoms with Crippen LogP contribution in [0.15, 0.2) is 54.6 Å². The molecule has 0 saturated heterocycles. The second kappa shape index (κ2) is 9.43. The Labute approximate surface area is 176 Å². The van der Waals surface area contributed by atoms with Crippen LogP contribution in [0.4, 0.5) is 5.69 Å². The quantitative estimate of drug-likeness (QED) is 0.710. The summed E-state index contributed by atoms with van der Waals surface area (Å²) < 4.78 is 10.9. The fourth-order valence-electron chi connectivity index (χ4n) is 3.26. The molecule has 30 heavy (non-hydrogen) atoms. The Morgan fingerprint density at radius 1 is 1.10 bits per heavy atom. The zero-order valence-corrected chi connectivity index (χ0v) is 17.3. The van der Waals surface area contributed by atoms with Crippen LogP contribution in [-0.4, -0.2) is 36.5 Å². The van der Waals surface area contributed by atoms with E-state index >= 15 is 0 Å². The number of esters is 1. The first-order chi connectivity index (χ1) is 14.4. The molecule has 3 unspecified atom stereocenters. The maximum absolute atomic E-state index is 12.5. The number of carbonyl (C=O) groups is 3. The van der Waals surface area contributed by atoms with Gasteiger partial charge in [0, 0.05) is 6.54 Å². The lowest BCUT2D eigenvalue weighted by molar-refractivity contribution is -0.154. The number of ether oxygens (including phenoxy) is 2. The average Bonchev–Trinajstić information content (AvgIpc) is 2.74. The van der Waals surface area contributed by atoms with Crippen molar-refractivity contribution >= 4 is 23.5 Å². The highest BCUT2D eigenvalue weighted by molar-refractivity contribution is 6.00. The Kier molecular flexibility index (Phi) is 6.72. The topological polar surface area (TPSA) is 84.9 Å². The van der Waals surface area contributed by atoms with Crippen LogP contribution in [0.2, 0.25) is 0 Å². The zero-order valence-electron chi connectivity index (χ0n) is 17.3. The van der Waals surface area contributed by atoms with Gasteiger partial charge in [-0.2, -0.15) is 0 Å². The van der Waals surface area contributed by atoms with E-state index < -0.39 is 18.2 Å². The number of nitrogens with one attached hydrogen (secondary N) is 1. The number of hydrogen-bond acceptors (Lipinski definition) is 5. The summed E-state index contributed by atoms with van der Waals surface area (Å²) >= 11 is 0. The van der Waals surface area contributed by atoms with Crippen molar-refractivity contribution in [2.45, 2.75) is 45.4 Å². The summed E-state index contributed by atoms with van der Waals surface area (Å²) in [5, 5.41) is 2.84. The molecule has 2 aromatic rings. The molecule has 0 aromatic heterocycles. The second-order valence-corrected chi connectivity index (χ2v) is 7.24. The summed E-state index contributed by atoms with van der Waals surface area (Å²) in [5.41, 5.74) is 1.58. The Bertz CT molecular complexity index is 915. The van der Waals surface area contributed by atoms with Crippen molar-refractivity contribution in [3.05, 3.63) is 60.2 Å². The molecule has 1 heterocycles. The number of anilines is 1. The molecule has 1 aliphatic heterocycles. The Balaban J connectivity index is 1.53. The summed E-state index contributed by atoms with van der Waals surface area (Å²) in [7, 11) is 0. The first kappa shape index (κ1) is 21.4. The smallest absolute Gasteiger partial charge is 0.308 e. The highest BCUT2D eigenvalue weighted by Crippen LogP contribution is 2.33. The number of nitrogens with zero attached hydrogens (tertiary/aromatic N) is 1. The summed E-state index contributed by atoms with van der Waals surface area (Å²) in [6.45, 7) is 5.22. The van der Waals surface area contributed by atoms with E-state index in [1.807, 2.05) is 43.3 Å². The van der Waals surface area contributed by atoms with Gasteiger partial charge in [0.25, 0.3) is 11.8 Å². The van der Waals surface area contributed by atoms with Crippen LogP contribution in [0.5, 0.6) is 5.75 Å². The van der Waals surface area contributed by atoms with E-state index in [1.54, 1.807) is 25.1 Å². The van der Waals surface area contributed by atoms with Gasteiger partial charge in [0.1, 0.15) is 5.75 Å². The zero-order chi connectivity index (χ0) is 21.7. The van der Waals surface area contributed by atoms with Gasteiger partial charge >= 0.3 is 5.97 Å². The Morgan fingerprint density at radius 3 is 2.50 bits per heavy atom. The van der Waals surface area contributed by atoms with Gasteiger partial charge in [-0.3, -0.25) is 14.4 Å². The summed E-state index contributed by atoms with van der Waals surface area (Å²) in [4.78, 5) is 38.6. The van der Waals surface area contributed by atoms with E-state index in [1.165, 1.54) is 11.8 Å². The summed E-state index contributed by atoms with van der Waals surface area (Å²) in [6, 6.07) is 16.5. The average molecular weight is 410 g/mol. The number of hydrogen-bond donors (Lipinski definition) is 1. The molecule has 2 amide bonds. The van der Waals surface area contributed by atoms with E-state index in [-0.39, 0.29) is 30.8 Å². The predicted octanol–water partition coefficient (Wildman–Crippen LogP) is 3.00. The van der Waals surface area contributed by atoms with Crippen molar-refractivity contribution in [3.8, 4) is 5.75 Å². The third-order valence-corrected chi connectivity index (χ3v) is 4.95. The number of benzene rings is 2. The molecule has 0 radical (unpaired) electrons. The van der Waals surface area contributed by atoms with Crippen molar-refractivity contribution in [3.63, 3.8) is 0 Å². The molecule has 2 aromatic carbocycles. The van der Waals surface area contributed by atoms with E-state index in [4.69, 9.17) is 9.47 Å². The number of carbonyl (C=O) groups excluding carboxylic acids is 3. The van der Waals surface area contributed by atoms with Gasteiger partial charge < -0.3 is 19.7 Å². The van der Waals surface area contributed by atoms with E-state index in [0.717, 1.165) is 5.56 Å². The molecule has 1 N–H and O–H groups in total. The monoisotopic (exact) mass is 410 g/mol. The molecular weight excluding hydrogens is 384 g/mol. The lowest BCUT2D eigenvalue weighted by Crippen LogP contribution is -2.45. The molecule has 3 atom stereocenters. The largest absolute Gasteiger partial charge is 0.479 e. The van der Waals surface area contributed by atoms with E-state index in [2.05, 4.69) is 5.32 Å². The maximum Gasteiger partial charge on any atom is 0.308 e. The van der Waals surface area contributed by atoms with E-state index in [0.29, 0.717) is 11.4 Å². The number of fused-ring (bicyclic) bond motifs is 1. The molecule has 7 heteroatoms. The maximum atomic E-state index is 12.5. The van der Waals surface area contributed by atoms with Crippen molar-refractivity contribution in [2.24, 2.45) is 0 Å². The Hall–Kier alpha value is -3.35.